The third-order valence-corrected chi connectivity index (χ3v) is 1.86. The normalized spacial score (nSPS) is 13.3. The predicted molar refractivity (Wildman–Crippen MR) is 47.3 cm³/mol. The van der Waals surface area contributed by atoms with Crippen molar-refractivity contribution in [2.75, 3.05) is 32.9 Å². The Hall–Kier alpha value is -0.490. The number of aliphatic hydroxyl groups excluding tert-OH is 3. The van der Waals surface area contributed by atoms with Crippen LogP contribution in [0.2, 0.25) is 0 Å². The maximum atomic E-state index is 11.0. The summed E-state index contributed by atoms with van der Waals surface area (Å²) in [6.07, 6.45) is 0. The van der Waals surface area contributed by atoms with E-state index in [1.807, 2.05) is 0 Å². The molecule has 0 fully saturated rings. The number of aliphatic hydroxyl groups is 3. The predicted octanol–water partition coefficient (Wildman–Crippen LogP) is -1.78. The van der Waals surface area contributed by atoms with Gasteiger partial charge in [0, 0.05) is 13.1 Å². The van der Waals surface area contributed by atoms with Crippen LogP contribution in [0, 0.1) is 0 Å². The minimum atomic E-state index is -0.612. The summed E-state index contributed by atoms with van der Waals surface area (Å²) in [5.41, 5.74) is 0. The average molecular weight is 191 g/mol. The summed E-state index contributed by atoms with van der Waals surface area (Å²) in [5, 5.41) is 26.2. The molecule has 0 bridgehead atoms. The van der Waals surface area contributed by atoms with Crippen LogP contribution in [0.15, 0.2) is 0 Å². The maximum absolute atomic E-state index is 11.0. The van der Waals surface area contributed by atoms with Gasteiger partial charge in [-0.3, -0.25) is 9.69 Å². The lowest BCUT2D eigenvalue weighted by Gasteiger charge is -2.26. The Labute approximate surface area is 77.6 Å². The third kappa shape index (κ3) is 4.33. The Balaban J connectivity index is 4.20. The number of Topliss-reactive ketones (excluding diaryl/α,β-unsaturated/α-hetero) is 1. The van der Waals surface area contributed by atoms with Gasteiger partial charge in [0.25, 0.3) is 0 Å². The molecule has 5 nitrogen and oxygen atoms in total. The van der Waals surface area contributed by atoms with Crippen LogP contribution in [-0.2, 0) is 4.79 Å². The van der Waals surface area contributed by atoms with E-state index in [2.05, 4.69) is 0 Å². The van der Waals surface area contributed by atoms with Gasteiger partial charge in [-0.25, -0.2) is 0 Å². The van der Waals surface area contributed by atoms with E-state index in [0.717, 1.165) is 0 Å². The van der Waals surface area contributed by atoms with E-state index in [4.69, 9.17) is 15.3 Å². The molecule has 0 saturated carbocycles. The Morgan fingerprint density at radius 2 is 1.69 bits per heavy atom. The van der Waals surface area contributed by atoms with Gasteiger partial charge in [0.2, 0.25) is 0 Å². The Kier molecular flexibility index (Phi) is 6.70. The largest absolute Gasteiger partial charge is 0.395 e. The molecule has 0 aromatic heterocycles. The summed E-state index contributed by atoms with van der Waals surface area (Å²) in [6.45, 7) is 1.47. The number of hydrogen-bond donors (Lipinski definition) is 3. The lowest BCUT2D eigenvalue weighted by atomic mass is 10.2. The smallest absolute Gasteiger partial charge is 0.149 e. The zero-order valence-electron chi connectivity index (χ0n) is 7.81. The first-order valence-corrected chi connectivity index (χ1v) is 4.24. The molecule has 1 atom stereocenters. The van der Waals surface area contributed by atoms with Crippen molar-refractivity contribution in [2.45, 2.75) is 13.0 Å². The molecular weight excluding hydrogens is 174 g/mol. The molecule has 0 aromatic rings. The molecule has 78 valence electrons. The van der Waals surface area contributed by atoms with Gasteiger partial charge in [0.05, 0.1) is 25.9 Å². The van der Waals surface area contributed by atoms with Gasteiger partial charge >= 0.3 is 0 Å². The molecule has 5 heteroatoms. The number of nitrogens with zero attached hydrogens (tertiary/aromatic N) is 1. The standard InChI is InChI=1S/C8H17NO4/c1-7(13)8(6-12)9(2-4-10)3-5-11/h8,10-12H,2-6H2,1H3. The summed E-state index contributed by atoms with van der Waals surface area (Å²) < 4.78 is 0. The van der Waals surface area contributed by atoms with Crippen LogP contribution in [0.3, 0.4) is 0 Å². The first-order valence-electron chi connectivity index (χ1n) is 4.24. The van der Waals surface area contributed by atoms with Gasteiger partial charge in [-0.1, -0.05) is 0 Å². The summed E-state index contributed by atoms with van der Waals surface area (Å²) in [6, 6.07) is -0.612. The monoisotopic (exact) mass is 191 g/mol. The molecule has 0 aliphatic carbocycles. The lowest BCUT2D eigenvalue weighted by molar-refractivity contribution is -0.123. The van der Waals surface area contributed by atoms with E-state index in [1.165, 1.54) is 6.92 Å². The molecule has 0 rings (SSSR count). The molecule has 0 radical (unpaired) electrons. The van der Waals surface area contributed by atoms with Gasteiger partial charge in [0.1, 0.15) is 5.78 Å². The van der Waals surface area contributed by atoms with Crippen LogP contribution in [-0.4, -0.2) is 65.0 Å². The molecular formula is C8H17NO4. The number of rotatable bonds is 7. The second-order valence-corrected chi connectivity index (χ2v) is 2.79. The second kappa shape index (κ2) is 6.97. The molecule has 0 heterocycles. The van der Waals surface area contributed by atoms with Crippen LogP contribution in [0.1, 0.15) is 6.92 Å². The fourth-order valence-corrected chi connectivity index (χ4v) is 1.18. The molecule has 13 heavy (non-hydrogen) atoms. The van der Waals surface area contributed by atoms with Crippen LogP contribution in [0.5, 0.6) is 0 Å². The molecule has 0 aromatic carbocycles. The topological polar surface area (TPSA) is 81.0 Å². The van der Waals surface area contributed by atoms with E-state index in [9.17, 15) is 4.79 Å². The highest BCUT2D eigenvalue weighted by molar-refractivity contribution is 5.81. The molecule has 0 saturated heterocycles. The van der Waals surface area contributed by atoms with Gasteiger partial charge in [-0.2, -0.15) is 0 Å². The van der Waals surface area contributed by atoms with E-state index in [0.29, 0.717) is 0 Å². The highest BCUT2D eigenvalue weighted by Gasteiger charge is 2.20. The molecule has 0 aliphatic rings. The third-order valence-electron chi connectivity index (χ3n) is 1.86. The van der Waals surface area contributed by atoms with Crippen molar-refractivity contribution in [3.05, 3.63) is 0 Å². The first kappa shape index (κ1) is 12.5. The fraction of sp³-hybridized carbons (Fsp3) is 0.875. The average Bonchev–Trinajstić information content (AvgIpc) is 2.05. The highest BCUT2D eigenvalue weighted by atomic mass is 16.3. The van der Waals surface area contributed by atoms with E-state index < -0.39 is 6.04 Å². The van der Waals surface area contributed by atoms with E-state index >= 15 is 0 Å². The van der Waals surface area contributed by atoms with Crippen molar-refractivity contribution in [1.29, 1.82) is 0 Å². The Morgan fingerprint density at radius 3 is 1.92 bits per heavy atom. The van der Waals surface area contributed by atoms with Crippen LogP contribution < -0.4 is 0 Å². The summed E-state index contributed by atoms with van der Waals surface area (Å²) in [4.78, 5) is 12.6. The molecule has 0 spiro atoms. The SMILES string of the molecule is CC(=O)C(CO)N(CCO)CCO. The van der Waals surface area contributed by atoms with Gasteiger partial charge in [-0.15, -0.1) is 0 Å². The molecule has 1 unspecified atom stereocenters. The van der Waals surface area contributed by atoms with Crippen LogP contribution in [0.4, 0.5) is 0 Å². The van der Waals surface area contributed by atoms with Crippen molar-refractivity contribution >= 4 is 5.78 Å². The summed E-state index contributed by atoms with van der Waals surface area (Å²) >= 11 is 0. The van der Waals surface area contributed by atoms with Crippen LogP contribution >= 0.6 is 0 Å². The van der Waals surface area contributed by atoms with Crippen molar-refractivity contribution in [3.8, 4) is 0 Å². The molecule has 0 aliphatic heterocycles. The minimum Gasteiger partial charge on any atom is -0.395 e. The minimum absolute atomic E-state index is 0.0935. The number of carbonyl (C=O) groups is 1. The Morgan fingerprint density at radius 1 is 1.23 bits per heavy atom. The number of carbonyl (C=O) groups excluding carboxylic acids is 1. The van der Waals surface area contributed by atoms with E-state index in [1.54, 1.807) is 4.90 Å². The highest BCUT2D eigenvalue weighted by Crippen LogP contribution is 1.99. The summed E-state index contributed by atoms with van der Waals surface area (Å²) in [7, 11) is 0. The van der Waals surface area contributed by atoms with Crippen molar-refractivity contribution in [1.82, 2.24) is 4.90 Å². The molecule has 0 amide bonds. The molecule has 3 N–H and O–H groups in total. The maximum Gasteiger partial charge on any atom is 0.149 e. The summed E-state index contributed by atoms with van der Waals surface area (Å²) in [5.74, 6) is -0.163. The van der Waals surface area contributed by atoms with Crippen molar-refractivity contribution < 1.29 is 20.1 Å². The number of hydrogen-bond acceptors (Lipinski definition) is 5. The first-order chi connectivity index (χ1) is 6.17. The van der Waals surface area contributed by atoms with Gasteiger partial charge in [-0.05, 0) is 6.92 Å². The quantitative estimate of drug-likeness (QED) is 0.443. The fourth-order valence-electron chi connectivity index (χ4n) is 1.18. The second-order valence-electron chi connectivity index (χ2n) is 2.79. The van der Waals surface area contributed by atoms with Crippen molar-refractivity contribution in [2.24, 2.45) is 0 Å². The zero-order chi connectivity index (χ0) is 10.3. The Bertz CT molecular complexity index is 145. The van der Waals surface area contributed by atoms with Crippen molar-refractivity contribution in [3.63, 3.8) is 0 Å². The van der Waals surface area contributed by atoms with Crippen LogP contribution in [0.25, 0.3) is 0 Å². The lowest BCUT2D eigenvalue weighted by Crippen LogP contribution is -2.45. The number of ketones is 1. The van der Waals surface area contributed by atoms with Gasteiger partial charge < -0.3 is 15.3 Å². The van der Waals surface area contributed by atoms with Gasteiger partial charge in [0.15, 0.2) is 0 Å². The zero-order valence-corrected chi connectivity index (χ0v) is 7.81. The van der Waals surface area contributed by atoms with E-state index in [-0.39, 0.29) is 38.7 Å².